The van der Waals surface area contributed by atoms with Crippen LogP contribution in [0.4, 0.5) is 0 Å². The maximum absolute atomic E-state index is 11.2. The highest BCUT2D eigenvalue weighted by molar-refractivity contribution is 5.05. The quantitative estimate of drug-likeness (QED) is 0.716. The monoisotopic (exact) mass is 198 g/mol. The third kappa shape index (κ3) is 3.32. The van der Waals surface area contributed by atoms with Crippen LogP contribution in [0.1, 0.15) is 18.4 Å². The minimum absolute atomic E-state index is 0.0852. The van der Waals surface area contributed by atoms with Gasteiger partial charge in [0, 0.05) is 25.8 Å². The van der Waals surface area contributed by atoms with Gasteiger partial charge >= 0.3 is 0 Å². The first-order valence-corrected chi connectivity index (χ1v) is 4.46. The van der Waals surface area contributed by atoms with Gasteiger partial charge in [0.05, 0.1) is 0 Å². The van der Waals surface area contributed by atoms with E-state index in [9.17, 15) is 4.79 Å². The molecule has 14 heavy (non-hydrogen) atoms. The van der Waals surface area contributed by atoms with Gasteiger partial charge in [-0.3, -0.25) is 4.79 Å². The Balaban J connectivity index is 2.78. The number of hydrogen-bond acceptors (Lipinski definition) is 4. The predicted octanol–water partition coefficient (Wildman–Crippen LogP) is 1.32. The van der Waals surface area contributed by atoms with Gasteiger partial charge < -0.3 is 13.9 Å². The molecule has 1 heterocycles. The number of rotatable bonds is 5. The molecule has 1 aromatic rings. The molecular formula is C10H14O4. The van der Waals surface area contributed by atoms with Crippen LogP contribution in [0.2, 0.25) is 0 Å². The highest BCUT2D eigenvalue weighted by Crippen LogP contribution is 2.04. The average Bonchev–Trinajstić information content (AvgIpc) is 2.14. The van der Waals surface area contributed by atoms with Crippen LogP contribution in [-0.2, 0) is 22.7 Å². The van der Waals surface area contributed by atoms with Gasteiger partial charge in [-0.25, -0.2) is 0 Å². The molecule has 0 unspecified atom stereocenters. The van der Waals surface area contributed by atoms with E-state index < -0.39 is 0 Å². The molecule has 0 radical (unpaired) electrons. The van der Waals surface area contributed by atoms with Crippen molar-refractivity contribution >= 4 is 0 Å². The summed E-state index contributed by atoms with van der Waals surface area (Å²) in [7, 11) is 1.55. The molecule has 0 aliphatic carbocycles. The van der Waals surface area contributed by atoms with Crippen LogP contribution in [0, 0.1) is 0 Å². The summed E-state index contributed by atoms with van der Waals surface area (Å²) >= 11 is 0. The van der Waals surface area contributed by atoms with E-state index in [1.54, 1.807) is 7.11 Å². The van der Waals surface area contributed by atoms with Crippen LogP contribution in [0.25, 0.3) is 0 Å². The van der Waals surface area contributed by atoms with Crippen molar-refractivity contribution in [3.05, 3.63) is 33.9 Å². The van der Waals surface area contributed by atoms with Crippen molar-refractivity contribution in [2.24, 2.45) is 0 Å². The molecule has 4 heteroatoms. The fourth-order valence-electron chi connectivity index (χ4n) is 1.07. The standard InChI is InChI=1S/C10H14O4/c1-3-13-7-10-5-8(11)4-9(14-10)6-12-2/h4-5H,3,6-7H2,1-2H3. The van der Waals surface area contributed by atoms with E-state index in [1.165, 1.54) is 12.1 Å². The lowest BCUT2D eigenvalue weighted by Crippen LogP contribution is -2.04. The topological polar surface area (TPSA) is 48.7 Å². The van der Waals surface area contributed by atoms with Gasteiger partial charge in [-0.2, -0.15) is 0 Å². The van der Waals surface area contributed by atoms with Gasteiger partial charge in [-0.15, -0.1) is 0 Å². The lowest BCUT2D eigenvalue weighted by molar-refractivity contribution is 0.108. The summed E-state index contributed by atoms with van der Waals surface area (Å²) in [6.45, 7) is 3.10. The van der Waals surface area contributed by atoms with Crippen LogP contribution in [-0.4, -0.2) is 13.7 Å². The first-order chi connectivity index (χ1) is 6.76. The van der Waals surface area contributed by atoms with E-state index in [0.29, 0.717) is 31.3 Å². The van der Waals surface area contributed by atoms with Crippen molar-refractivity contribution in [3.8, 4) is 0 Å². The van der Waals surface area contributed by atoms with E-state index in [2.05, 4.69) is 0 Å². The van der Waals surface area contributed by atoms with E-state index in [0.717, 1.165) is 0 Å². The van der Waals surface area contributed by atoms with Crippen molar-refractivity contribution in [1.29, 1.82) is 0 Å². The Labute approximate surface area is 82.4 Å². The summed E-state index contributed by atoms with van der Waals surface area (Å²) in [6, 6.07) is 2.84. The van der Waals surface area contributed by atoms with Crippen LogP contribution < -0.4 is 5.43 Å². The molecule has 0 saturated heterocycles. The largest absolute Gasteiger partial charge is 0.461 e. The Morgan fingerprint density at radius 2 is 1.93 bits per heavy atom. The Morgan fingerprint density at radius 3 is 2.50 bits per heavy atom. The van der Waals surface area contributed by atoms with Gasteiger partial charge in [-0.05, 0) is 6.92 Å². The first kappa shape index (κ1) is 10.9. The molecule has 0 fully saturated rings. The summed E-state index contributed by atoms with van der Waals surface area (Å²) in [5.41, 5.74) is -0.0852. The van der Waals surface area contributed by atoms with Crippen LogP contribution in [0.15, 0.2) is 21.3 Å². The second kappa shape index (κ2) is 5.57. The number of methoxy groups -OCH3 is 1. The fourth-order valence-corrected chi connectivity index (χ4v) is 1.07. The minimum Gasteiger partial charge on any atom is -0.461 e. The smallest absolute Gasteiger partial charge is 0.185 e. The van der Waals surface area contributed by atoms with Crippen LogP contribution in [0.5, 0.6) is 0 Å². The van der Waals surface area contributed by atoms with E-state index in [4.69, 9.17) is 13.9 Å². The first-order valence-electron chi connectivity index (χ1n) is 4.46. The van der Waals surface area contributed by atoms with Crippen molar-refractivity contribution in [2.75, 3.05) is 13.7 Å². The zero-order chi connectivity index (χ0) is 10.4. The lowest BCUT2D eigenvalue weighted by atomic mass is 10.3. The number of hydrogen-bond donors (Lipinski definition) is 0. The number of ether oxygens (including phenoxy) is 2. The molecule has 0 bridgehead atoms. The second-order valence-corrected chi connectivity index (χ2v) is 2.80. The van der Waals surface area contributed by atoms with Crippen molar-refractivity contribution in [3.63, 3.8) is 0 Å². The molecular weight excluding hydrogens is 184 g/mol. The van der Waals surface area contributed by atoms with E-state index >= 15 is 0 Å². The summed E-state index contributed by atoms with van der Waals surface area (Å²) in [5, 5.41) is 0. The van der Waals surface area contributed by atoms with Crippen LogP contribution in [0.3, 0.4) is 0 Å². The maximum Gasteiger partial charge on any atom is 0.185 e. The zero-order valence-electron chi connectivity index (χ0n) is 8.41. The molecule has 4 nitrogen and oxygen atoms in total. The summed E-state index contributed by atoms with van der Waals surface area (Å²) in [4.78, 5) is 11.2. The minimum atomic E-state index is -0.0852. The Bertz CT molecular complexity index is 329. The Kier molecular flexibility index (Phi) is 4.35. The molecule has 0 N–H and O–H groups in total. The maximum atomic E-state index is 11.2. The second-order valence-electron chi connectivity index (χ2n) is 2.80. The molecule has 0 amide bonds. The van der Waals surface area contributed by atoms with Gasteiger partial charge in [0.25, 0.3) is 0 Å². The predicted molar refractivity (Wildman–Crippen MR) is 51.0 cm³/mol. The summed E-state index contributed by atoms with van der Waals surface area (Å²) in [6.07, 6.45) is 0. The molecule has 0 aliphatic heterocycles. The normalized spacial score (nSPS) is 10.4. The summed E-state index contributed by atoms with van der Waals surface area (Å²) in [5.74, 6) is 1.06. The van der Waals surface area contributed by atoms with Gasteiger partial charge in [0.1, 0.15) is 24.7 Å². The SMILES string of the molecule is CCOCc1cc(=O)cc(COC)o1. The van der Waals surface area contributed by atoms with E-state index in [1.807, 2.05) is 6.92 Å². The highest BCUT2D eigenvalue weighted by atomic mass is 16.5. The molecule has 0 spiro atoms. The summed E-state index contributed by atoms with van der Waals surface area (Å²) < 4.78 is 15.4. The lowest BCUT2D eigenvalue weighted by Gasteiger charge is -2.03. The van der Waals surface area contributed by atoms with Gasteiger partial charge in [0.2, 0.25) is 0 Å². The molecule has 0 atom stereocenters. The van der Waals surface area contributed by atoms with Crippen LogP contribution >= 0.6 is 0 Å². The molecule has 0 aliphatic rings. The van der Waals surface area contributed by atoms with Crippen molar-refractivity contribution in [2.45, 2.75) is 20.1 Å². The van der Waals surface area contributed by atoms with Crippen molar-refractivity contribution in [1.82, 2.24) is 0 Å². The van der Waals surface area contributed by atoms with Crippen molar-refractivity contribution < 1.29 is 13.9 Å². The molecule has 1 rings (SSSR count). The Morgan fingerprint density at radius 1 is 1.29 bits per heavy atom. The van der Waals surface area contributed by atoms with Gasteiger partial charge in [-0.1, -0.05) is 0 Å². The van der Waals surface area contributed by atoms with Gasteiger partial charge in [0.15, 0.2) is 5.43 Å². The van der Waals surface area contributed by atoms with E-state index in [-0.39, 0.29) is 5.43 Å². The Hall–Kier alpha value is -1.13. The molecule has 1 aromatic heterocycles. The molecule has 0 saturated carbocycles. The highest BCUT2D eigenvalue weighted by Gasteiger charge is 2.01. The zero-order valence-corrected chi connectivity index (χ0v) is 8.41. The third-order valence-corrected chi connectivity index (χ3v) is 1.60. The fraction of sp³-hybridized carbons (Fsp3) is 0.500. The third-order valence-electron chi connectivity index (χ3n) is 1.60. The average molecular weight is 198 g/mol. The molecule has 78 valence electrons. The molecule has 0 aromatic carbocycles.